The molecule has 2 aliphatic rings. The van der Waals surface area contributed by atoms with Crippen molar-refractivity contribution in [3.8, 4) is 11.4 Å². The summed E-state index contributed by atoms with van der Waals surface area (Å²) in [5, 5.41) is 12.0. The lowest BCUT2D eigenvalue weighted by Gasteiger charge is -2.33. The normalized spacial score (nSPS) is 20.6. The number of carbonyl (C=O) groups is 1. The molecule has 1 atom stereocenters. The maximum Gasteiger partial charge on any atom is 0.343 e. The highest BCUT2D eigenvalue weighted by molar-refractivity contribution is 5.85. The molecular weight excluding hydrogens is 344 g/mol. The van der Waals surface area contributed by atoms with Crippen LogP contribution in [0.1, 0.15) is 30.0 Å². The van der Waals surface area contributed by atoms with Gasteiger partial charge in [-0.1, -0.05) is 25.1 Å². The molecule has 0 bridgehead atoms. The molecule has 1 unspecified atom stereocenters. The number of benzene rings is 1. The van der Waals surface area contributed by atoms with Crippen LogP contribution in [0.3, 0.4) is 0 Å². The van der Waals surface area contributed by atoms with Crippen LogP contribution in [0.2, 0.25) is 0 Å². The number of cyclic esters (lactones) is 1. The largest absolute Gasteiger partial charge is 0.458 e. The summed E-state index contributed by atoms with van der Waals surface area (Å²) in [5.74, 6) is -0.704. The van der Waals surface area contributed by atoms with Crippen molar-refractivity contribution in [1.82, 2.24) is 9.55 Å². The predicted molar refractivity (Wildman–Crippen MR) is 99.1 cm³/mol. The molecule has 6 nitrogen and oxygen atoms in total. The second-order valence-corrected chi connectivity index (χ2v) is 7.11. The summed E-state index contributed by atoms with van der Waals surface area (Å²) in [7, 11) is 0. The highest BCUT2D eigenvalue weighted by Crippen LogP contribution is 2.37. The van der Waals surface area contributed by atoms with Gasteiger partial charge in [-0.05, 0) is 36.6 Å². The molecule has 1 aromatic carbocycles. The van der Waals surface area contributed by atoms with E-state index in [-0.39, 0.29) is 18.6 Å². The molecule has 136 valence electrons. The van der Waals surface area contributed by atoms with Crippen molar-refractivity contribution in [2.75, 3.05) is 0 Å². The number of carbonyl (C=O) groups excluding carboxylic acids is 1. The Morgan fingerprint density at radius 1 is 1.26 bits per heavy atom. The van der Waals surface area contributed by atoms with Gasteiger partial charge >= 0.3 is 5.97 Å². The van der Waals surface area contributed by atoms with Crippen molar-refractivity contribution in [3.63, 3.8) is 0 Å². The van der Waals surface area contributed by atoms with Gasteiger partial charge in [-0.2, -0.15) is 0 Å². The second kappa shape index (κ2) is 5.50. The maximum absolute atomic E-state index is 13.1. The molecule has 0 spiro atoms. The van der Waals surface area contributed by atoms with Crippen LogP contribution in [0, 0.1) is 0 Å². The monoisotopic (exact) mass is 362 g/mol. The van der Waals surface area contributed by atoms with E-state index in [4.69, 9.17) is 9.72 Å². The van der Waals surface area contributed by atoms with Crippen molar-refractivity contribution in [2.24, 2.45) is 0 Å². The third-order valence-electron chi connectivity index (χ3n) is 5.69. The first kappa shape index (κ1) is 16.2. The number of nitrogens with zero attached hydrogens (tertiary/aromatic N) is 2. The molecule has 1 N–H and O–H groups in total. The number of para-hydroxylation sites is 1. The van der Waals surface area contributed by atoms with Gasteiger partial charge in [0.2, 0.25) is 0 Å². The lowest BCUT2D eigenvalue weighted by Crippen LogP contribution is -2.45. The first-order valence-electron chi connectivity index (χ1n) is 9.09. The highest BCUT2D eigenvalue weighted by atomic mass is 16.6. The number of hydrogen-bond acceptors (Lipinski definition) is 5. The Kier molecular flexibility index (Phi) is 3.30. The van der Waals surface area contributed by atoms with E-state index in [1.807, 2.05) is 24.3 Å². The van der Waals surface area contributed by atoms with Crippen LogP contribution >= 0.6 is 0 Å². The van der Waals surface area contributed by atoms with E-state index in [1.165, 1.54) is 0 Å². The minimum Gasteiger partial charge on any atom is -0.458 e. The van der Waals surface area contributed by atoms with Crippen LogP contribution in [0.4, 0.5) is 0 Å². The van der Waals surface area contributed by atoms with Gasteiger partial charge in [0, 0.05) is 17.5 Å². The number of rotatable bonds is 1. The molecule has 6 heteroatoms. The van der Waals surface area contributed by atoms with Gasteiger partial charge in [0.15, 0.2) is 5.60 Å². The molecule has 2 aliphatic heterocycles. The molecule has 2 aromatic heterocycles. The van der Waals surface area contributed by atoms with Crippen LogP contribution < -0.4 is 5.56 Å². The van der Waals surface area contributed by atoms with E-state index in [1.54, 1.807) is 17.6 Å². The fraction of sp³-hybridized carbons (Fsp3) is 0.286. The smallest absolute Gasteiger partial charge is 0.343 e. The Labute approximate surface area is 155 Å². The lowest BCUT2D eigenvalue weighted by atomic mass is 9.85. The quantitative estimate of drug-likeness (QED) is 0.672. The number of aliphatic hydroxyl groups is 1. The summed E-state index contributed by atoms with van der Waals surface area (Å²) < 4.78 is 6.77. The molecule has 0 aliphatic carbocycles. The number of esters is 1. The lowest BCUT2D eigenvalue weighted by molar-refractivity contribution is -0.172. The van der Waals surface area contributed by atoms with Gasteiger partial charge in [0.05, 0.1) is 22.5 Å². The van der Waals surface area contributed by atoms with Gasteiger partial charge < -0.3 is 14.4 Å². The zero-order chi connectivity index (χ0) is 18.8. The number of ether oxygens (including phenoxy) is 1. The van der Waals surface area contributed by atoms with E-state index in [2.05, 4.69) is 6.07 Å². The molecule has 4 heterocycles. The molecule has 5 rings (SSSR count). The molecule has 0 amide bonds. The Morgan fingerprint density at radius 3 is 2.89 bits per heavy atom. The zero-order valence-electron chi connectivity index (χ0n) is 14.9. The van der Waals surface area contributed by atoms with Gasteiger partial charge in [-0.25, -0.2) is 9.78 Å². The Bertz CT molecular complexity index is 1180. The summed E-state index contributed by atoms with van der Waals surface area (Å²) in [4.78, 5) is 30.1. The Morgan fingerprint density at radius 2 is 2.07 bits per heavy atom. The average molecular weight is 362 g/mol. The van der Waals surface area contributed by atoms with Crippen LogP contribution in [-0.2, 0) is 34.7 Å². The number of aryl methyl sites for hydroxylation is 1. The summed E-state index contributed by atoms with van der Waals surface area (Å²) in [6.07, 6.45) is 0.844. The second-order valence-electron chi connectivity index (χ2n) is 7.11. The third-order valence-corrected chi connectivity index (χ3v) is 5.69. The minimum atomic E-state index is -1.79. The Balaban J connectivity index is 1.83. The van der Waals surface area contributed by atoms with Crippen molar-refractivity contribution >= 4 is 16.9 Å². The summed E-state index contributed by atoms with van der Waals surface area (Å²) in [6, 6.07) is 11.7. The Hall–Kier alpha value is -2.99. The van der Waals surface area contributed by atoms with E-state index >= 15 is 0 Å². The minimum absolute atomic E-state index is 0.104. The molecule has 3 aromatic rings. The van der Waals surface area contributed by atoms with Crippen molar-refractivity contribution in [2.45, 2.75) is 38.5 Å². The number of fused-ring (bicyclic) bond motifs is 5. The highest BCUT2D eigenvalue weighted by Gasteiger charge is 2.45. The first-order chi connectivity index (χ1) is 13.0. The van der Waals surface area contributed by atoms with Gasteiger partial charge in [0.25, 0.3) is 5.56 Å². The van der Waals surface area contributed by atoms with Crippen molar-refractivity contribution in [3.05, 3.63) is 63.4 Å². The van der Waals surface area contributed by atoms with E-state index in [0.29, 0.717) is 29.8 Å². The molecule has 27 heavy (non-hydrogen) atoms. The maximum atomic E-state index is 13.1. The van der Waals surface area contributed by atoms with Crippen molar-refractivity contribution in [1.29, 1.82) is 0 Å². The molecular formula is C21H18N2O4. The van der Waals surface area contributed by atoms with Gasteiger partial charge in [0.1, 0.15) is 6.61 Å². The number of pyridine rings is 2. The number of hydrogen-bond donors (Lipinski definition) is 1. The molecule has 0 saturated carbocycles. The van der Waals surface area contributed by atoms with E-state index in [9.17, 15) is 14.7 Å². The van der Waals surface area contributed by atoms with E-state index in [0.717, 1.165) is 22.2 Å². The average Bonchev–Trinajstić information content (AvgIpc) is 2.69. The van der Waals surface area contributed by atoms with Gasteiger partial charge in [-0.3, -0.25) is 4.79 Å². The summed E-state index contributed by atoms with van der Waals surface area (Å²) in [6.45, 7) is 2.13. The standard InChI is InChI=1S/C21H18N2O4/c1-2-21(26)15-10-17-18-13(9-12-5-3-4-6-16(12)22-18)7-8-23(17)19(24)14(15)11-27-20(21)25/h3-6,9-10,26H,2,7-8,11H2,1H3. The molecule has 0 radical (unpaired) electrons. The number of aromatic nitrogens is 2. The predicted octanol–water partition coefficient (Wildman–Crippen LogP) is 2.27. The fourth-order valence-electron chi connectivity index (χ4n) is 4.12. The zero-order valence-corrected chi connectivity index (χ0v) is 14.9. The van der Waals surface area contributed by atoms with Crippen LogP contribution in [0.15, 0.2) is 41.2 Å². The third kappa shape index (κ3) is 2.13. The molecule has 0 fully saturated rings. The van der Waals surface area contributed by atoms with Crippen molar-refractivity contribution < 1.29 is 14.6 Å². The van der Waals surface area contributed by atoms with Gasteiger partial charge in [-0.15, -0.1) is 0 Å². The summed E-state index contributed by atoms with van der Waals surface area (Å²) in [5.41, 5.74) is 1.97. The van der Waals surface area contributed by atoms with Crippen LogP contribution in [-0.4, -0.2) is 20.6 Å². The fourth-order valence-corrected chi connectivity index (χ4v) is 4.12. The SMILES string of the molecule is CCC1(O)C(=O)OCc2c1cc1n(c2=O)CCc2cc3ccccc3nc2-1. The van der Waals surface area contributed by atoms with Crippen LogP contribution in [0.25, 0.3) is 22.3 Å². The first-order valence-corrected chi connectivity index (χ1v) is 9.09. The molecule has 0 saturated heterocycles. The summed E-state index contributed by atoms with van der Waals surface area (Å²) >= 11 is 0. The van der Waals surface area contributed by atoms with Crippen LogP contribution in [0.5, 0.6) is 0 Å². The topological polar surface area (TPSA) is 81.4 Å². The van der Waals surface area contributed by atoms with E-state index < -0.39 is 11.6 Å².